The number of carbonyl (C=O) groups excluding carboxylic acids is 1. The molecule has 0 atom stereocenters. The highest BCUT2D eigenvalue weighted by molar-refractivity contribution is 5.89. The summed E-state index contributed by atoms with van der Waals surface area (Å²) in [5.74, 6) is -2.32. The van der Waals surface area contributed by atoms with Crippen molar-refractivity contribution in [3.8, 4) is 0 Å². The zero-order valence-electron chi connectivity index (χ0n) is 17.1. The van der Waals surface area contributed by atoms with Crippen molar-refractivity contribution in [1.29, 1.82) is 0 Å². The summed E-state index contributed by atoms with van der Waals surface area (Å²) in [4.78, 5) is 32.0. The van der Waals surface area contributed by atoms with Gasteiger partial charge in [0.15, 0.2) is 0 Å². The van der Waals surface area contributed by atoms with Gasteiger partial charge in [-0.3, -0.25) is 0 Å². The van der Waals surface area contributed by atoms with Gasteiger partial charge in [0.05, 0.1) is 21.1 Å². The molecule has 0 rings (SSSR count). The van der Waals surface area contributed by atoms with E-state index in [0.29, 0.717) is 25.0 Å². The number of ether oxygens (including phenoxy) is 1. The fourth-order valence-corrected chi connectivity index (χ4v) is 1.42. The maximum absolute atomic E-state index is 10.9. The first-order chi connectivity index (χ1) is 11.9. The Morgan fingerprint density at radius 3 is 1.56 bits per heavy atom. The zero-order valence-corrected chi connectivity index (χ0v) is 17.9. The molecular formula is C19H33ClNO6+. The molecular weight excluding hydrogens is 374 g/mol. The lowest BCUT2D eigenvalue weighted by molar-refractivity contribution is -0.870. The highest BCUT2D eigenvalue weighted by Gasteiger charge is 2.09. The molecule has 0 radical (unpaired) electrons. The van der Waals surface area contributed by atoms with E-state index < -0.39 is 11.9 Å². The number of hydrogen-bond donors (Lipinski definition) is 2. The molecule has 0 bridgehead atoms. The normalized spacial score (nSPS) is 11.5. The molecule has 0 spiro atoms. The van der Waals surface area contributed by atoms with Gasteiger partial charge in [-0.05, 0) is 19.8 Å². The number of allylic oxidation sites excluding steroid dienone is 2. The minimum atomic E-state index is -1.01. The number of halogens is 1. The van der Waals surface area contributed by atoms with Crippen molar-refractivity contribution in [3.05, 3.63) is 35.5 Å². The van der Waals surface area contributed by atoms with Crippen LogP contribution in [0.1, 0.15) is 33.6 Å². The van der Waals surface area contributed by atoms with Gasteiger partial charge in [-0.2, -0.15) is 0 Å². The largest absolute Gasteiger partial charge is 0.478 e. The van der Waals surface area contributed by atoms with Gasteiger partial charge in [0, 0.05) is 16.7 Å². The van der Waals surface area contributed by atoms with Gasteiger partial charge in [0.2, 0.25) is 0 Å². The Labute approximate surface area is 168 Å². The van der Waals surface area contributed by atoms with Crippen LogP contribution in [0.15, 0.2) is 35.5 Å². The van der Waals surface area contributed by atoms with Crippen LogP contribution < -0.4 is 0 Å². The minimum Gasteiger partial charge on any atom is -0.478 e. The highest BCUT2D eigenvalue weighted by Crippen LogP contribution is 2.05. The number of hydrogen-bond acceptors (Lipinski definition) is 4. The predicted molar refractivity (Wildman–Crippen MR) is 108 cm³/mol. The van der Waals surface area contributed by atoms with Gasteiger partial charge in [-0.1, -0.05) is 32.6 Å². The Morgan fingerprint density at radius 1 is 0.963 bits per heavy atom. The SMILES string of the molecule is C=C(C)C(=O)OCC[N+](C)(C)C.CCC(=CC=C(CC)C(=O)O)C(=O)O.Cl. The third-order valence-electron chi connectivity index (χ3n) is 3.14. The Bertz CT molecular complexity index is 543. The second-order valence-electron chi connectivity index (χ2n) is 6.63. The summed E-state index contributed by atoms with van der Waals surface area (Å²) < 4.78 is 5.72. The lowest BCUT2D eigenvalue weighted by atomic mass is 10.1. The van der Waals surface area contributed by atoms with Crippen molar-refractivity contribution in [2.75, 3.05) is 34.3 Å². The lowest BCUT2D eigenvalue weighted by Gasteiger charge is -2.23. The van der Waals surface area contributed by atoms with Crippen LogP contribution in [0.25, 0.3) is 0 Å². The summed E-state index contributed by atoms with van der Waals surface area (Å²) in [5.41, 5.74) is 0.866. The number of aliphatic carboxylic acids is 2. The number of nitrogens with zero attached hydrogens (tertiary/aromatic N) is 1. The van der Waals surface area contributed by atoms with Gasteiger partial charge in [-0.25, -0.2) is 14.4 Å². The molecule has 27 heavy (non-hydrogen) atoms. The summed E-state index contributed by atoms with van der Waals surface area (Å²) in [5, 5.41) is 17.3. The highest BCUT2D eigenvalue weighted by atomic mass is 35.5. The first kappa shape index (κ1) is 29.6. The van der Waals surface area contributed by atoms with E-state index in [2.05, 4.69) is 27.7 Å². The fraction of sp³-hybridized carbons (Fsp3) is 0.526. The van der Waals surface area contributed by atoms with Crippen molar-refractivity contribution in [2.24, 2.45) is 0 Å². The number of esters is 1. The Hall–Kier alpha value is -2.12. The van der Waals surface area contributed by atoms with Crippen molar-refractivity contribution >= 4 is 30.3 Å². The summed E-state index contributed by atoms with van der Waals surface area (Å²) in [6, 6.07) is 0. The average molecular weight is 407 g/mol. The van der Waals surface area contributed by atoms with Crippen LogP contribution >= 0.6 is 12.4 Å². The molecule has 0 unspecified atom stereocenters. The molecule has 0 aliphatic rings. The van der Waals surface area contributed by atoms with Gasteiger partial charge < -0.3 is 19.4 Å². The summed E-state index contributed by atoms with van der Waals surface area (Å²) in [6.45, 7) is 9.83. The molecule has 0 heterocycles. The quantitative estimate of drug-likeness (QED) is 0.264. The second-order valence-corrected chi connectivity index (χ2v) is 6.63. The van der Waals surface area contributed by atoms with Gasteiger partial charge in [0.1, 0.15) is 13.2 Å². The Kier molecular flexibility index (Phi) is 16.5. The molecule has 156 valence electrons. The van der Waals surface area contributed by atoms with Crippen molar-refractivity contribution < 1.29 is 33.8 Å². The van der Waals surface area contributed by atoms with E-state index in [1.54, 1.807) is 20.8 Å². The molecule has 0 aliphatic heterocycles. The number of quaternary nitrogens is 1. The Morgan fingerprint density at radius 2 is 1.33 bits per heavy atom. The van der Waals surface area contributed by atoms with Crippen LogP contribution in [0.4, 0.5) is 0 Å². The van der Waals surface area contributed by atoms with Crippen LogP contribution in [-0.2, 0) is 19.1 Å². The molecule has 0 fully saturated rings. The van der Waals surface area contributed by atoms with E-state index in [4.69, 9.17) is 14.9 Å². The smallest absolute Gasteiger partial charge is 0.333 e. The monoisotopic (exact) mass is 406 g/mol. The number of rotatable bonds is 9. The van der Waals surface area contributed by atoms with E-state index in [0.717, 1.165) is 11.0 Å². The van der Waals surface area contributed by atoms with Crippen LogP contribution in [0.2, 0.25) is 0 Å². The van der Waals surface area contributed by atoms with E-state index in [1.165, 1.54) is 12.2 Å². The molecule has 0 saturated carbocycles. The van der Waals surface area contributed by atoms with Gasteiger partial charge in [-0.15, -0.1) is 12.4 Å². The molecule has 0 saturated heterocycles. The molecule has 0 aromatic carbocycles. The van der Waals surface area contributed by atoms with E-state index >= 15 is 0 Å². The van der Waals surface area contributed by atoms with Crippen LogP contribution in [-0.4, -0.2) is 66.9 Å². The molecule has 0 aliphatic carbocycles. The number of likely N-dealkylation sites (N-methyl/N-ethyl adjacent to an activating group) is 1. The summed E-state index contributed by atoms with van der Waals surface area (Å²) in [7, 11) is 6.15. The average Bonchev–Trinajstić information content (AvgIpc) is 2.50. The maximum Gasteiger partial charge on any atom is 0.333 e. The topological polar surface area (TPSA) is 101 Å². The lowest BCUT2D eigenvalue weighted by Crippen LogP contribution is -2.38. The standard InChI is InChI=1S/C10H14O4.C9H18NO2.ClH/c1-3-7(9(11)12)5-6-8(4-2)10(13)14;1-8(2)9(11)12-7-6-10(3,4)5;/h5-6H,3-4H2,1-2H3,(H,11,12)(H,13,14);1,6-7H2,2-5H3;1H/q;+1;. The summed E-state index contributed by atoms with van der Waals surface area (Å²) >= 11 is 0. The molecule has 0 amide bonds. The van der Waals surface area contributed by atoms with Crippen LogP contribution in [0.5, 0.6) is 0 Å². The van der Waals surface area contributed by atoms with Crippen molar-refractivity contribution in [3.63, 3.8) is 0 Å². The first-order valence-corrected chi connectivity index (χ1v) is 8.35. The molecule has 0 aromatic heterocycles. The predicted octanol–water partition coefficient (Wildman–Crippen LogP) is 3.06. The van der Waals surface area contributed by atoms with Crippen LogP contribution in [0.3, 0.4) is 0 Å². The van der Waals surface area contributed by atoms with E-state index in [9.17, 15) is 14.4 Å². The zero-order chi connectivity index (χ0) is 20.9. The molecule has 7 nitrogen and oxygen atoms in total. The van der Waals surface area contributed by atoms with Gasteiger partial charge in [0.25, 0.3) is 0 Å². The fourth-order valence-electron chi connectivity index (χ4n) is 1.42. The number of carboxylic acid groups (broad SMARTS) is 2. The third-order valence-corrected chi connectivity index (χ3v) is 3.14. The maximum atomic E-state index is 10.9. The molecule has 8 heteroatoms. The molecule has 2 N–H and O–H groups in total. The van der Waals surface area contributed by atoms with Gasteiger partial charge >= 0.3 is 17.9 Å². The first-order valence-electron chi connectivity index (χ1n) is 8.35. The van der Waals surface area contributed by atoms with Crippen molar-refractivity contribution in [2.45, 2.75) is 33.6 Å². The Balaban J connectivity index is -0.000000416. The van der Waals surface area contributed by atoms with Crippen molar-refractivity contribution in [1.82, 2.24) is 0 Å². The van der Waals surface area contributed by atoms with E-state index in [1.807, 2.05) is 0 Å². The van der Waals surface area contributed by atoms with E-state index in [-0.39, 0.29) is 29.5 Å². The van der Waals surface area contributed by atoms with Crippen LogP contribution in [0, 0.1) is 0 Å². The second kappa shape index (κ2) is 15.0. The number of carbonyl (C=O) groups is 3. The third kappa shape index (κ3) is 17.1. The minimum absolute atomic E-state index is 0. The summed E-state index contributed by atoms with van der Waals surface area (Å²) in [6.07, 6.45) is 3.44. The number of carboxylic acids is 2. The molecule has 0 aromatic rings.